The first-order valence-corrected chi connectivity index (χ1v) is 6.99. The van der Waals surface area contributed by atoms with Gasteiger partial charge < -0.3 is 10.6 Å². The van der Waals surface area contributed by atoms with Crippen molar-refractivity contribution in [2.75, 3.05) is 5.32 Å². The highest BCUT2D eigenvalue weighted by molar-refractivity contribution is 5.96. The summed E-state index contributed by atoms with van der Waals surface area (Å²) in [5.41, 5.74) is 3.36. The van der Waals surface area contributed by atoms with Crippen LogP contribution in [0.25, 0.3) is 0 Å². The van der Waals surface area contributed by atoms with E-state index in [1.165, 1.54) is 11.1 Å². The Labute approximate surface area is 131 Å². The molecular formula is C17H19ClN2O. The van der Waals surface area contributed by atoms with Crippen LogP contribution in [0.3, 0.4) is 0 Å². The van der Waals surface area contributed by atoms with Gasteiger partial charge in [0, 0.05) is 12.2 Å². The van der Waals surface area contributed by atoms with E-state index < -0.39 is 0 Å². The van der Waals surface area contributed by atoms with E-state index in [-0.39, 0.29) is 24.4 Å². The molecule has 0 radical (unpaired) electrons. The summed E-state index contributed by atoms with van der Waals surface area (Å²) >= 11 is 0. The number of aryl methyl sites for hydroxylation is 1. The second kappa shape index (κ2) is 7.25. The van der Waals surface area contributed by atoms with Gasteiger partial charge in [-0.25, -0.2) is 0 Å². The average molecular weight is 303 g/mol. The smallest absolute Gasteiger partial charge is 0.241 e. The van der Waals surface area contributed by atoms with Gasteiger partial charge in [0.2, 0.25) is 5.91 Å². The number of rotatable bonds is 3. The molecule has 2 aromatic carbocycles. The molecule has 0 saturated carbocycles. The molecule has 1 amide bonds. The quantitative estimate of drug-likeness (QED) is 0.914. The summed E-state index contributed by atoms with van der Waals surface area (Å²) < 4.78 is 0. The van der Waals surface area contributed by atoms with Gasteiger partial charge in [-0.05, 0) is 30.0 Å². The van der Waals surface area contributed by atoms with Crippen molar-refractivity contribution in [1.29, 1.82) is 0 Å². The molecule has 0 aromatic heterocycles. The number of hydrogen-bond donors (Lipinski definition) is 2. The van der Waals surface area contributed by atoms with Gasteiger partial charge in [-0.1, -0.05) is 48.5 Å². The summed E-state index contributed by atoms with van der Waals surface area (Å²) in [4.78, 5) is 12.2. The lowest BCUT2D eigenvalue weighted by Gasteiger charge is -2.15. The lowest BCUT2D eigenvalue weighted by molar-refractivity contribution is -0.118. The van der Waals surface area contributed by atoms with E-state index in [9.17, 15) is 4.79 Å². The molecule has 1 heterocycles. The van der Waals surface area contributed by atoms with Gasteiger partial charge in [-0.2, -0.15) is 0 Å². The van der Waals surface area contributed by atoms with Gasteiger partial charge in [-0.15, -0.1) is 12.4 Å². The van der Waals surface area contributed by atoms with E-state index in [4.69, 9.17) is 0 Å². The molecule has 110 valence electrons. The number of hydrogen-bond acceptors (Lipinski definition) is 2. The molecule has 0 bridgehead atoms. The zero-order valence-corrected chi connectivity index (χ0v) is 12.5. The van der Waals surface area contributed by atoms with Crippen LogP contribution >= 0.6 is 12.4 Å². The number of anilines is 1. The normalized spacial score (nSPS) is 17.1. The Balaban J connectivity index is 0.00000161. The molecule has 1 aliphatic rings. The average Bonchev–Trinajstić information content (AvgIpc) is 2.65. The standard InChI is InChI=1S/C17H18N2O.ClH/c20-17-16(18-12-13-6-2-1-3-7-13)11-10-14-8-4-5-9-15(14)19-17;/h1-9,16,18H,10-12H2,(H,19,20);1H. The van der Waals surface area contributed by atoms with Crippen LogP contribution in [0.2, 0.25) is 0 Å². The first-order valence-electron chi connectivity index (χ1n) is 6.99. The minimum absolute atomic E-state index is 0. The minimum atomic E-state index is -0.136. The van der Waals surface area contributed by atoms with Crippen LogP contribution < -0.4 is 10.6 Å². The Hall–Kier alpha value is -1.84. The number of benzene rings is 2. The number of fused-ring (bicyclic) bond motifs is 1. The maximum atomic E-state index is 12.2. The van der Waals surface area contributed by atoms with Gasteiger partial charge in [0.15, 0.2) is 0 Å². The highest BCUT2D eigenvalue weighted by atomic mass is 35.5. The van der Waals surface area contributed by atoms with Crippen molar-refractivity contribution >= 4 is 24.0 Å². The molecule has 3 rings (SSSR count). The predicted octanol–water partition coefficient (Wildman–Crippen LogP) is 3.15. The zero-order valence-electron chi connectivity index (χ0n) is 11.7. The van der Waals surface area contributed by atoms with Gasteiger partial charge in [-0.3, -0.25) is 4.79 Å². The van der Waals surface area contributed by atoms with E-state index in [1.807, 2.05) is 36.4 Å². The number of para-hydroxylation sites is 1. The molecule has 1 aliphatic heterocycles. The van der Waals surface area contributed by atoms with E-state index in [2.05, 4.69) is 28.8 Å². The molecule has 3 nitrogen and oxygen atoms in total. The maximum Gasteiger partial charge on any atom is 0.241 e. The van der Waals surface area contributed by atoms with Crippen molar-refractivity contribution in [1.82, 2.24) is 5.32 Å². The van der Waals surface area contributed by atoms with Crippen molar-refractivity contribution in [2.24, 2.45) is 0 Å². The van der Waals surface area contributed by atoms with Crippen LogP contribution in [0.1, 0.15) is 17.5 Å². The zero-order chi connectivity index (χ0) is 13.8. The first-order chi connectivity index (χ1) is 9.83. The third-order valence-electron chi connectivity index (χ3n) is 3.69. The lowest BCUT2D eigenvalue weighted by atomic mass is 10.1. The highest BCUT2D eigenvalue weighted by Gasteiger charge is 2.22. The van der Waals surface area contributed by atoms with Crippen LogP contribution in [0.5, 0.6) is 0 Å². The maximum absolute atomic E-state index is 12.2. The fourth-order valence-corrected chi connectivity index (χ4v) is 2.54. The summed E-state index contributed by atoms with van der Waals surface area (Å²) in [6.45, 7) is 0.718. The van der Waals surface area contributed by atoms with Crippen LogP contribution in [-0.4, -0.2) is 11.9 Å². The SMILES string of the molecule is Cl.O=C1Nc2ccccc2CCC1NCc1ccccc1. The third kappa shape index (κ3) is 3.84. The molecule has 0 aliphatic carbocycles. The molecule has 0 saturated heterocycles. The molecule has 0 spiro atoms. The Morgan fingerprint density at radius 2 is 1.76 bits per heavy atom. The van der Waals surface area contributed by atoms with Crippen LogP contribution in [0.4, 0.5) is 5.69 Å². The van der Waals surface area contributed by atoms with Crippen molar-refractivity contribution in [3.63, 3.8) is 0 Å². The summed E-state index contributed by atoms with van der Waals surface area (Å²) in [7, 11) is 0. The van der Waals surface area contributed by atoms with Crippen molar-refractivity contribution in [3.8, 4) is 0 Å². The van der Waals surface area contributed by atoms with Crippen LogP contribution in [0.15, 0.2) is 54.6 Å². The number of carbonyl (C=O) groups is 1. The van der Waals surface area contributed by atoms with Crippen molar-refractivity contribution in [2.45, 2.75) is 25.4 Å². The highest BCUT2D eigenvalue weighted by Crippen LogP contribution is 2.21. The summed E-state index contributed by atoms with van der Waals surface area (Å²) in [5, 5.41) is 6.36. The molecule has 1 atom stereocenters. The number of halogens is 1. The number of nitrogens with one attached hydrogen (secondary N) is 2. The minimum Gasteiger partial charge on any atom is -0.324 e. The van der Waals surface area contributed by atoms with Crippen molar-refractivity contribution in [3.05, 3.63) is 65.7 Å². The first kappa shape index (κ1) is 15.5. The summed E-state index contributed by atoms with van der Waals surface area (Å²) in [5.74, 6) is 0.0610. The Bertz CT molecular complexity index is 601. The predicted molar refractivity (Wildman–Crippen MR) is 87.7 cm³/mol. The third-order valence-corrected chi connectivity index (χ3v) is 3.69. The Morgan fingerprint density at radius 1 is 1.05 bits per heavy atom. The molecule has 0 fully saturated rings. The van der Waals surface area contributed by atoms with Crippen molar-refractivity contribution < 1.29 is 4.79 Å². The summed E-state index contributed by atoms with van der Waals surface area (Å²) in [6, 6.07) is 18.0. The fraction of sp³-hybridized carbons (Fsp3) is 0.235. The lowest BCUT2D eigenvalue weighted by Crippen LogP contribution is -2.39. The van der Waals surface area contributed by atoms with Gasteiger partial charge in [0.1, 0.15) is 0 Å². The van der Waals surface area contributed by atoms with E-state index >= 15 is 0 Å². The second-order valence-electron chi connectivity index (χ2n) is 5.10. The van der Waals surface area contributed by atoms with Crippen LogP contribution in [-0.2, 0) is 17.8 Å². The van der Waals surface area contributed by atoms with E-state index in [0.29, 0.717) is 0 Å². The second-order valence-corrected chi connectivity index (χ2v) is 5.10. The molecule has 1 unspecified atom stereocenters. The fourth-order valence-electron chi connectivity index (χ4n) is 2.54. The Kier molecular flexibility index (Phi) is 5.37. The topological polar surface area (TPSA) is 41.1 Å². The number of carbonyl (C=O) groups excluding carboxylic acids is 1. The van der Waals surface area contributed by atoms with Crippen LogP contribution in [0, 0.1) is 0 Å². The van der Waals surface area contributed by atoms with E-state index in [1.54, 1.807) is 0 Å². The monoisotopic (exact) mass is 302 g/mol. The largest absolute Gasteiger partial charge is 0.324 e. The Morgan fingerprint density at radius 3 is 2.57 bits per heavy atom. The molecule has 2 N–H and O–H groups in total. The van der Waals surface area contributed by atoms with E-state index in [0.717, 1.165) is 25.1 Å². The number of amides is 1. The molecule has 2 aromatic rings. The van der Waals surface area contributed by atoms with Gasteiger partial charge in [0.25, 0.3) is 0 Å². The molecular weight excluding hydrogens is 284 g/mol. The molecule has 4 heteroatoms. The van der Waals surface area contributed by atoms with Gasteiger partial charge in [0.05, 0.1) is 6.04 Å². The molecule has 21 heavy (non-hydrogen) atoms. The summed E-state index contributed by atoms with van der Waals surface area (Å²) in [6.07, 6.45) is 1.75. The van der Waals surface area contributed by atoms with Gasteiger partial charge >= 0.3 is 0 Å².